The molecule has 0 fully saturated rings. The van der Waals surface area contributed by atoms with Crippen LogP contribution in [0.5, 0.6) is 0 Å². The highest BCUT2D eigenvalue weighted by Gasteiger charge is 2.15. The topological polar surface area (TPSA) is 77.2 Å². The van der Waals surface area contributed by atoms with Crippen LogP contribution in [-0.2, 0) is 6.42 Å². The number of hydrogen-bond donors (Lipinski definition) is 4. The number of benzene rings is 1. The molecule has 5 heteroatoms. The van der Waals surface area contributed by atoms with Gasteiger partial charge in [-0.05, 0) is 37.3 Å². The molecular weight excluding hydrogens is 290 g/mol. The lowest BCUT2D eigenvalue weighted by molar-refractivity contribution is 0.219. The van der Waals surface area contributed by atoms with Gasteiger partial charge in [0.2, 0.25) is 0 Å². The van der Waals surface area contributed by atoms with E-state index in [1.54, 1.807) is 0 Å². The third-order valence-electron chi connectivity index (χ3n) is 4.25. The molecule has 5 nitrogen and oxygen atoms in total. The zero-order valence-electron chi connectivity index (χ0n) is 14.1. The van der Waals surface area contributed by atoms with Gasteiger partial charge in [0.05, 0.1) is 0 Å². The van der Waals surface area contributed by atoms with Gasteiger partial charge >= 0.3 is 6.03 Å². The van der Waals surface area contributed by atoms with E-state index in [9.17, 15) is 4.79 Å². The van der Waals surface area contributed by atoms with Gasteiger partial charge in [-0.3, -0.25) is 0 Å². The lowest BCUT2D eigenvalue weighted by atomic mass is 10.0. The van der Waals surface area contributed by atoms with Crippen LogP contribution in [0.15, 0.2) is 24.3 Å². The van der Waals surface area contributed by atoms with E-state index in [0.29, 0.717) is 18.9 Å². The Kier molecular flexibility index (Phi) is 6.04. The number of aromatic nitrogens is 1. The lowest BCUT2D eigenvalue weighted by Crippen LogP contribution is -2.45. The number of rotatable bonds is 7. The quantitative estimate of drug-likeness (QED) is 0.634. The summed E-state index contributed by atoms with van der Waals surface area (Å²) in [6.07, 6.45) is 1.36. The first-order valence-electron chi connectivity index (χ1n) is 8.24. The fraction of sp³-hybridized carbons (Fsp3) is 0.500. The van der Waals surface area contributed by atoms with Crippen LogP contribution in [0.2, 0.25) is 0 Å². The molecule has 0 aliphatic rings. The predicted octanol–water partition coefficient (Wildman–Crippen LogP) is 2.73. The molecule has 0 spiro atoms. The number of amides is 2. The van der Waals surface area contributed by atoms with Crippen molar-refractivity contribution in [3.8, 4) is 0 Å². The Balaban J connectivity index is 1.88. The van der Waals surface area contributed by atoms with Gasteiger partial charge in [0.15, 0.2) is 0 Å². The van der Waals surface area contributed by atoms with E-state index in [1.807, 2.05) is 26.0 Å². The second kappa shape index (κ2) is 8.02. The van der Waals surface area contributed by atoms with E-state index in [2.05, 4.69) is 34.7 Å². The maximum atomic E-state index is 12.0. The maximum absolute atomic E-state index is 12.0. The summed E-state index contributed by atoms with van der Waals surface area (Å²) in [5.74, 6) is 0.295. The average molecular weight is 317 g/mol. The molecule has 0 saturated heterocycles. The van der Waals surface area contributed by atoms with Gasteiger partial charge < -0.3 is 20.7 Å². The number of carbonyl (C=O) groups is 1. The first-order chi connectivity index (χ1) is 11.0. The van der Waals surface area contributed by atoms with Crippen LogP contribution in [0.1, 0.15) is 31.5 Å². The van der Waals surface area contributed by atoms with Crippen LogP contribution in [0.3, 0.4) is 0 Å². The molecule has 0 saturated carbocycles. The number of H-pyrrole nitrogens is 1. The van der Waals surface area contributed by atoms with E-state index in [-0.39, 0.29) is 18.7 Å². The molecule has 1 unspecified atom stereocenters. The Morgan fingerprint density at radius 3 is 2.74 bits per heavy atom. The highest BCUT2D eigenvalue weighted by molar-refractivity contribution is 5.84. The van der Waals surface area contributed by atoms with Gasteiger partial charge in [-0.25, -0.2) is 4.79 Å². The van der Waals surface area contributed by atoms with Crippen LogP contribution in [0.25, 0.3) is 10.9 Å². The van der Waals surface area contributed by atoms with Crippen molar-refractivity contribution in [2.24, 2.45) is 5.92 Å². The summed E-state index contributed by atoms with van der Waals surface area (Å²) in [6, 6.07) is 8.03. The van der Waals surface area contributed by atoms with Crippen molar-refractivity contribution in [2.75, 3.05) is 13.2 Å². The van der Waals surface area contributed by atoms with E-state index in [4.69, 9.17) is 5.11 Å². The second-order valence-corrected chi connectivity index (χ2v) is 6.29. The van der Waals surface area contributed by atoms with Crippen molar-refractivity contribution in [2.45, 2.75) is 39.7 Å². The number of nitrogens with one attached hydrogen (secondary N) is 3. The van der Waals surface area contributed by atoms with Crippen LogP contribution in [0, 0.1) is 12.8 Å². The molecule has 2 aromatic rings. The molecule has 4 N–H and O–H groups in total. The molecular formula is C18H27N3O2. The van der Waals surface area contributed by atoms with Gasteiger partial charge in [0.1, 0.15) is 0 Å². The number of hydrogen-bond acceptors (Lipinski definition) is 2. The number of aliphatic hydroxyl groups excluding tert-OH is 1. The first-order valence-corrected chi connectivity index (χ1v) is 8.24. The van der Waals surface area contributed by atoms with Crippen LogP contribution in [-0.4, -0.2) is 35.3 Å². The van der Waals surface area contributed by atoms with E-state index in [0.717, 1.165) is 17.6 Å². The van der Waals surface area contributed by atoms with Crippen molar-refractivity contribution in [3.63, 3.8) is 0 Å². The maximum Gasteiger partial charge on any atom is 0.315 e. The van der Waals surface area contributed by atoms with Crippen molar-refractivity contribution in [3.05, 3.63) is 35.5 Å². The molecule has 2 rings (SSSR count). The van der Waals surface area contributed by atoms with Crippen LogP contribution < -0.4 is 10.6 Å². The predicted molar refractivity (Wildman–Crippen MR) is 93.6 cm³/mol. The summed E-state index contributed by atoms with van der Waals surface area (Å²) in [5.41, 5.74) is 3.53. The molecule has 23 heavy (non-hydrogen) atoms. The Morgan fingerprint density at radius 2 is 2.04 bits per heavy atom. The third-order valence-corrected chi connectivity index (χ3v) is 4.25. The SMILES string of the molecule is Cc1[nH]c2ccccc2c1CCNC(=O)NC(CCO)C(C)C. The summed E-state index contributed by atoms with van der Waals surface area (Å²) in [7, 11) is 0. The number of aliphatic hydroxyl groups is 1. The fourth-order valence-electron chi connectivity index (χ4n) is 2.89. The molecule has 126 valence electrons. The van der Waals surface area contributed by atoms with E-state index < -0.39 is 0 Å². The average Bonchev–Trinajstić information content (AvgIpc) is 2.83. The number of aromatic amines is 1. The third kappa shape index (κ3) is 4.48. The monoisotopic (exact) mass is 317 g/mol. The molecule has 0 aliphatic heterocycles. The number of para-hydroxylation sites is 1. The normalized spacial score (nSPS) is 12.6. The zero-order chi connectivity index (χ0) is 16.8. The van der Waals surface area contributed by atoms with Gasteiger partial charge in [0.25, 0.3) is 0 Å². The smallest absolute Gasteiger partial charge is 0.315 e. The summed E-state index contributed by atoms with van der Waals surface area (Å²) in [6.45, 7) is 6.80. The molecule has 1 aromatic heterocycles. The Morgan fingerprint density at radius 1 is 1.30 bits per heavy atom. The molecule has 1 atom stereocenters. The zero-order valence-corrected chi connectivity index (χ0v) is 14.1. The molecule has 0 radical (unpaired) electrons. The van der Waals surface area contributed by atoms with Crippen molar-refractivity contribution in [1.29, 1.82) is 0 Å². The molecule has 2 amide bonds. The first kappa shape index (κ1) is 17.3. The van der Waals surface area contributed by atoms with Crippen molar-refractivity contribution in [1.82, 2.24) is 15.6 Å². The lowest BCUT2D eigenvalue weighted by Gasteiger charge is -2.21. The highest BCUT2D eigenvalue weighted by atomic mass is 16.3. The molecule has 0 bridgehead atoms. The van der Waals surface area contributed by atoms with E-state index >= 15 is 0 Å². The van der Waals surface area contributed by atoms with Crippen LogP contribution >= 0.6 is 0 Å². The summed E-state index contributed by atoms with van der Waals surface area (Å²) >= 11 is 0. The van der Waals surface area contributed by atoms with Crippen molar-refractivity contribution < 1.29 is 9.90 Å². The summed E-state index contributed by atoms with van der Waals surface area (Å²) in [5, 5.41) is 16.1. The molecule has 0 aliphatic carbocycles. The standard InChI is InChI=1S/C18H27N3O2/c1-12(2)16(9-11-22)21-18(23)19-10-8-14-13(3)20-17-7-5-4-6-15(14)17/h4-7,12,16,20,22H,8-11H2,1-3H3,(H2,19,21,23). The fourth-order valence-corrected chi connectivity index (χ4v) is 2.89. The highest BCUT2D eigenvalue weighted by Crippen LogP contribution is 2.21. The van der Waals surface area contributed by atoms with Crippen molar-refractivity contribution >= 4 is 16.9 Å². The minimum atomic E-state index is -0.172. The Labute approximate surface area is 137 Å². The molecule has 1 aromatic carbocycles. The number of urea groups is 1. The largest absolute Gasteiger partial charge is 0.396 e. The minimum Gasteiger partial charge on any atom is -0.396 e. The Bertz CT molecular complexity index is 649. The molecule has 1 heterocycles. The van der Waals surface area contributed by atoms with E-state index in [1.165, 1.54) is 10.9 Å². The van der Waals surface area contributed by atoms with Crippen LogP contribution in [0.4, 0.5) is 4.79 Å². The van der Waals surface area contributed by atoms with Gasteiger partial charge in [-0.15, -0.1) is 0 Å². The Hall–Kier alpha value is -2.01. The number of aryl methyl sites for hydroxylation is 1. The summed E-state index contributed by atoms with van der Waals surface area (Å²) in [4.78, 5) is 15.4. The number of fused-ring (bicyclic) bond motifs is 1. The minimum absolute atomic E-state index is 0.00479. The summed E-state index contributed by atoms with van der Waals surface area (Å²) < 4.78 is 0. The van der Waals surface area contributed by atoms with Gasteiger partial charge in [-0.2, -0.15) is 0 Å². The van der Waals surface area contributed by atoms with Gasteiger partial charge in [0, 0.05) is 35.8 Å². The number of carbonyl (C=O) groups excluding carboxylic acids is 1. The van der Waals surface area contributed by atoms with Gasteiger partial charge in [-0.1, -0.05) is 32.0 Å². The second-order valence-electron chi connectivity index (χ2n) is 6.29.